The number of hydrogen-bond donors (Lipinski definition) is 2. The van der Waals surface area contributed by atoms with Crippen molar-refractivity contribution in [2.45, 2.75) is 57.2 Å². The highest BCUT2D eigenvalue weighted by Gasteiger charge is 2.36. The number of aromatic nitrogens is 2. The highest BCUT2D eigenvalue weighted by molar-refractivity contribution is 5.94. The van der Waals surface area contributed by atoms with Crippen molar-refractivity contribution in [1.29, 1.82) is 0 Å². The molecule has 9 heteroatoms. The first-order valence-electron chi connectivity index (χ1n) is 16.2. The van der Waals surface area contributed by atoms with Crippen LogP contribution in [0.2, 0.25) is 0 Å². The Morgan fingerprint density at radius 2 is 1.61 bits per heavy atom. The van der Waals surface area contributed by atoms with Crippen molar-refractivity contribution in [3.05, 3.63) is 120 Å². The number of aryl methyl sites for hydroxylation is 1. The maximum atomic E-state index is 14.2. The van der Waals surface area contributed by atoms with E-state index in [4.69, 9.17) is 0 Å². The quantitative estimate of drug-likeness (QED) is 0.219. The molecule has 9 nitrogen and oxygen atoms in total. The molecule has 0 unspecified atom stereocenters. The van der Waals surface area contributed by atoms with E-state index in [0.717, 1.165) is 29.7 Å². The number of nitrogens with zero attached hydrogens (tertiary/aromatic N) is 4. The Balaban J connectivity index is 1.33. The Morgan fingerprint density at radius 1 is 0.935 bits per heavy atom. The van der Waals surface area contributed by atoms with E-state index in [1.807, 2.05) is 93.4 Å². The van der Waals surface area contributed by atoms with E-state index < -0.39 is 12.1 Å². The summed E-state index contributed by atoms with van der Waals surface area (Å²) in [6, 6.07) is 26.5. The van der Waals surface area contributed by atoms with Gasteiger partial charge in [-0.1, -0.05) is 60.7 Å². The summed E-state index contributed by atoms with van der Waals surface area (Å²) in [5, 5.41) is 5.99. The smallest absolute Gasteiger partial charge is 0.253 e. The lowest BCUT2D eigenvalue weighted by molar-refractivity contribution is -0.137. The van der Waals surface area contributed by atoms with Crippen molar-refractivity contribution < 1.29 is 14.4 Å². The van der Waals surface area contributed by atoms with Gasteiger partial charge in [-0.15, -0.1) is 0 Å². The lowest BCUT2D eigenvalue weighted by Gasteiger charge is -2.33. The minimum atomic E-state index is -0.659. The Morgan fingerprint density at radius 3 is 2.24 bits per heavy atom. The fraction of sp³-hybridized carbons (Fsp3) is 0.351. The van der Waals surface area contributed by atoms with Crippen LogP contribution in [0.5, 0.6) is 0 Å². The first-order chi connectivity index (χ1) is 22.4. The Labute approximate surface area is 271 Å². The summed E-state index contributed by atoms with van der Waals surface area (Å²) in [6.07, 6.45) is 8.83. The summed E-state index contributed by atoms with van der Waals surface area (Å²) in [7, 11) is 1.73. The number of likely N-dealkylation sites (tertiary alicyclic amines) is 1. The zero-order valence-corrected chi connectivity index (χ0v) is 26.7. The van der Waals surface area contributed by atoms with Crippen LogP contribution in [0.1, 0.15) is 47.7 Å². The second-order valence-electron chi connectivity index (χ2n) is 11.9. The first-order valence-corrected chi connectivity index (χ1v) is 16.2. The second kappa shape index (κ2) is 16.0. The third-order valence-corrected chi connectivity index (χ3v) is 8.81. The molecule has 1 aliphatic heterocycles. The third-order valence-electron chi connectivity index (χ3n) is 8.81. The summed E-state index contributed by atoms with van der Waals surface area (Å²) < 4.78 is 1.90. The number of nitrogens with one attached hydrogen (secondary N) is 2. The lowest BCUT2D eigenvalue weighted by atomic mass is 10.0. The Bertz CT molecular complexity index is 1540. The molecular formula is C37H44N6O3. The molecule has 46 heavy (non-hydrogen) atoms. The van der Waals surface area contributed by atoms with Crippen LogP contribution in [0, 0.1) is 0 Å². The van der Waals surface area contributed by atoms with Gasteiger partial charge < -0.3 is 25.0 Å². The average molecular weight is 621 g/mol. The summed E-state index contributed by atoms with van der Waals surface area (Å²) in [4.78, 5) is 49.0. The Hall–Kier alpha value is -4.76. The predicted octanol–water partition coefficient (Wildman–Crippen LogP) is 4.27. The molecule has 240 valence electrons. The number of imidazole rings is 1. The van der Waals surface area contributed by atoms with Crippen LogP contribution in [-0.4, -0.2) is 81.9 Å². The molecule has 2 heterocycles. The predicted molar refractivity (Wildman–Crippen MR) is 180 cm³/mol. The van der Waals surface area contributed by atoms with E-state index in [-0.39, 0.29) is 23.8 Å². The second-order valence-corrected chi connectivity index (χ2v) is 11.9. The highest BCUT2D eigenvalue weighted by atomic mass is 16.2. The molecule has 0 spiro atoms. The van der Waals surface area contributed by atoms with E-state index in [9.17, 15) is 14.4 Å². The topological polar surface area (TPSA) is 99.6 Å². The SMILES string of the molecule is CN[C@@H](C)C(=O)N[C@@H](CCc1ccccc1)C(=O)N1CCC[C@H]1CN(CCc1ccccc1)C(=O)c1ccc(-n2ccnc2)cc1. The number of carbonyl (C=O) groups excluding carboxylic acids is 3. The highest BCUT2D eigenvalue weighted by Crippen LogP contribution is 2.22. The van der Waals surface area contributed by atoms with Gasteiger partial charge in [-0.25, -0.2) is 4.98 Å². The third kappa shape index (κ3) is 8.48. The molecule has 2 N–H and O–H groups in total. The maximum Gasteiger partial charge on any atom is 0.253 e. The van der Waals surface area contributed by atoms with E-state index in [2.05, 4.69) is 27.8 Å². The molecule has 4 aromatic rings. The fourth-order valence-corrected chi connectivity index (χ4v) is 5.97. The lowest BCUT2D eigenvalue weighted by Crippen LogP contribution is -2.55. The number of hydrogen-bond acceptors (Lipinski definition) is 5. The van der Waals surface area contributed by atoms with Gasteiger partial charge in [0.05, 0.1) is 12.4 Å². The molecule has 1 saturated heterocycles. The molecule has 3 atom stereocenters. The number of benzene rings is 3. The van der Waals surface area contributed by atoms with Crippen LogP contribution in [0.25, 0.3) is 5.69 Å². The largest absolute Gasteiger partial charge is 0.343 e. The molecule has 1 aromatic heterocycles. The minimum Gasteiger partial charge on any atom is -0.343 e. The minimum absolute atomic E-state index is 0.0656. The van der Waals surface area contributed by atoms with Gasteiger partial charge in [-0.2, -0.15) is 0 Å². The summed E-state index contributed by atoms with van der Waals surface area (Å²) >= 11 is 0. The molecule has 0 radical (unpaired) electrons. The normalized spacial score (nSPS) is 15.7. The molecule has 0 bridgehead atoms. The van der Waals surface area contributed by atoms with Crippen molar-refractivity contribution >= 4 is 17.7 Å². The van der Waals surface area contributed by atoms with Crippen molar-refractivity contribution in [2.24, 2.45) is 0 Å². The van der Waals surface area contributed by atoms with Crippen LogP contribution < -0.4 is 10.6 Å². The Kier molecular flexibility index (Phi) is 11.3. The monoisotopic (exact) mass is 620 g/mol. The zero-order valence-electron chi connectivity index (χ0n) is 26.7. The standard InChI is InChI=1S/C37H44N6O3/c1-28(38-2)35(44)40-34(20-15-29-10-5-3-6-11-29)37(46)43-23-9-14-33(43)26-41(24-21-30-12-7-4-8-13-30)36(45)31-16-18-32(19-17-31)42-25-22-39-27-42/h3-8,10-13,16-19,22,25,27-28,33-34,38H,9,14-15,20-21,23-24,26H2,1-2H3,(H,40,44)/t28-,33-,34-/m0/s1. The number of amides is 3. The van der Waals surface area contributed by atoms with Crippen LogP contribution >= 0.6 is 0 Å². The van der Waals surface area contributed by atoms with E-state index in [1.165, 1.54) is 0 Å². The summed E-state index contributed by atoms with van der Waals surface area (Å²) in [5.41, 5.74) is 3.79. The van der Waals surface area contributed by atoms with E-state index in [0.29, 0.717) is 44.5 Å². The van der Waals surface area contributed by atoms with Crippen LogP contribution in [0.3, 0.4) is 0 Å². The fourth-order valence-electron chi connectivity index (χ4n) is 5.97. The van der Waals surface area contributed by atoms with Crippen molar-refractivity contribution in [2.75, 3.05) is 26.7 Å². The van der Waals surface area contributed by atoms with Crippen LogP contribution in [0.15, 0.2) is 104 Å². The molecule has 1 fully saturated rings. The number of likely N-dealkylation sites (N-methyl/N-ethyl adjacent to an activating group) is 1. The van der Waals surface area contributed by atoms with E-state index in [1.54, 1.807) is 26.5 Å². The summed E-state index contributed by atoms with van der Waals surface area (Å²) in [6.45, 7) is 3.33. The van der Waals surface area contributed by atoms with Crippen molar-refractivity contribution in [3.63, 3.8) is 0 Å². The van der Waals surface area contributed by atoms with Crippen molar-refractivity contribution in [1.82, 2.24) is 30.0 Å². The molecule has 0 saturated carbocycles. The maximum absolute atomic E-state index is 14.2. The first kappa shape index (κ1) is 32.6. The average Bonchev–Trinajstić information content (AvgIpc) is 3.81. The van der Waals surface area contributed by atoms with Crippen molar-refractivity contribution in [3.8, 4) is 5.69 Å². The van der Waals surface area contributed by atoms with Gasteiger partial charge in [0.25, 0.3) is 5.91 Å². The molecule has 3 amide bonds. The van der Waals surface area contributed by atoms with Gasteiger partial charge in [0.2, 0.25) is 11.8 Å². The van der Waals surface area contributed by atoms with E-state index >= 15 is 0 Å². The van der Waals surface area contributed by atoms with Crippen LogP contribution in [-0.2, 0) is 22.4 Å². The molecule has 5 rings (SSSR count). The molecule has 3 aromatic carbocycles. The molecule has 1 aliphatic rings. The van der Waals surface area contributed by atoms with Gasteiger partial charge in [-0.05, 0) is 81.5 Å². The molecular weight excluding hydrogens is 576 g/mol. The van der Waals surface area contributed by atoms with Gasteiger partial charge in [0.1, 0.15) is 6.04 Å². The zero-order chi connectivity index (χ0) is 32.3. The summed E-state index contributed by atoms with van der Waals surface area (Å²) in [5.74, 6) is -0.358. The number of rotatable bonds is 14. The molecule has 0 aliphatic carbocycles. The van der Waals surface area contributed by atoms with Gasteiger partial charge in [0.15, 0.2) is 0 Å². The van der Waals surface area contributed by atoms with Gasteiger partial charge in [0, 0.05) is 49.3 Å². The van der Waals surface area contributed by atoms with Gasteiger partial charge >= 0.3 is 0 Å². The van der Waals surface area contributed by atoms with Crippen LogP contribution in [0.4, 0.5) is 0 Å². The number of carbonyl (C=O) groups is 3. The van der Waals surface area contributed by atoms with Gasteiger partial charge in [-0.3, -0.25) is 14.4 Å².